The number of carboxylic acid groups (broad SMARTS) is 1. The molecule has 2 amide bonds. The van der Waals surface area contributed by atoms with Crippen molar-refractivity contribution in [3.8, 4) is 0 Å². The zero-order chi connectivity index (χ0) is 14.5. The van der Waals surface area contributed by atoms with E-state index in [-0.39, 0.29) is 0 Å². The number of nitrogens with one attached hydrogen (secondary N) is 1. The number of amides is 2. The van der Waals surface area contributed by atoms with Crippen molar-refractivity contribution < 1.29 is 19.4 Å². The number of hydrogen-bond donors (Lipinski definition) is 2. The molecule has 1 fully saturated rings. The lowest BCUT2D eigenvalue weighted by Crippen LogP contribution is -2.48. The predicted molar refractivity (Wildman–Crippen MR) is 72.8 cm³/mol. The summed E-state index contributed by atoms with van der Waals surface area (Å²) in [6.45, 7) is 1.80. The van der Waals surface area contributed by atoms with E-state index in [2.05, 4.69) is 5.32 Å². The molecule has 1 heterocycles. The van der Waals surface area contributed by atoms with Gasteiger partial charge in [0, 0.05) is 23.7 Å². The van der Waals surface area contributed by atoms with Gasteiger partial charge in [-0.15, -0.1) is 0 Å². The second-order valence-electron chi connectivity index (χ2n) is 4.34. The highest BCUT2D eigenvalue weighted by Gasteiger charge is 2.27. The first-order valence-corrected chi connectivity index (χ1v) is 6.58. The molecule has 0 spiro atoms. The Hall–Kier alpha value is -1.79. The number of urea groups is 1. The maximum atomic E-state index is 12.1. The summed E-state index contributed by atoms with van der Waals surface area (Å²) < 4.78 is 5.15. The number of carbonyl (C=O) groups excluding carboxylic acids is 1. The third kappa shape index (κ3) is 3.40. The van der Waals surface area contributed by atoms with Crippen molar-refractivity contribution >= 4 is 23.6 Å². The molecule has 0 aliphatic carbocycles. The Kier molecular flexibility index (Phi) is 4.81. The van der Waals surface area contributed by atoms with E-state index in [0.717, 1.165) is 0 Å². The molecule has 2 rings (SSSR count). The molecule has 2 N–H and O–H groups in total. The van der Waals surface area contributed by atoms with Gasteiger partial charge >= 0.3 is 12.0 Å². The minimum absolute atomic E-state index is 0.308. The molecular weight excluding hydrogens is 284 g/mol. The molecule has 1 atom stereocenters. The summed E-state index contributed by atoms with van der Waals surface area (Å²) in [5.41, 5.74) is 0.364. The lowest BCUT2D eigenvalue weighted by molar-refractivity contribution is -0.139. The standard InChI is InChI=1S/C13H15ClN2O4/c14-10-4-2-1-3-9(10)11(12(17)18)15-13(19)16-5-7-20-8-6-16/h1-4,11H,5-8H2,(H,15,19)(H,17,18)/t11-/m1/s1. The molecule has 20 heavy (non-hydrogen) atoms. The number of morpholine rings is 1. The summed E-state index contributed by atoms with van der Waals surface area (Å²) >= 11 is 5.98. The van der Waals surface area contributed by atoms with Gasteiger partial charge in [0.05, 0.1) is 13.2 Å². The molecule has 0 aromatic heterocycles. The van der Waals surface area contributed by atoms with Crippen LogP contribution in [-0.4, -0.2) is 48.3 Å². The van der Waals surface area contributed by atoms with Crippen molar-refractivity contribution in [2.75, 3.05) is 26.3 Å². The Labute approximate surface area is 121 Å². The third-order valence-corrected chi connectivity index (χ3v) is 3.37. The molecule has 1 saturated heterocycles. The van der Waals surface area contributed by atoms with E-state index in [1.54, 1.807) is 24.3 Å². The minimum Gasteiger partial charge on any atom is -0.479 e. The van der Waals surface area contributed by atoms with Gasteiger partial charge in [0.25, 0.3) is 0 Å². The topological polar surface area (TPSA) is 78.9 Å². The molecule has 7 heteroatoms. The van der Waals surface area contributed by atoms with Gasteiger partial charge in [-0.05, 0) is 6.07 Å². The molecule has 0 unspecified atom stereocenters. The predicted octanol–water partition coefficient (Wildman–Crippen LogP) is 1.51. The number of benzene rings is 1. The number of carbonyl (C=O) groups is 2. The first kappa shape index (κ1) is 14.6. The fourth-order valence-electron chi connectivity index (χ4n) is 1.96. The summed E-state index contributed by atoms with van der Waals surface area (Å²) in [6, 6.07) is 4.96. The van der Waals surface area contributed by atoms with Crippen LogP contribution in [0.3, 0.4) is 0 Å². The van der Waals surface area contributed by atoms with Gasteiger partial charge in [-0.1, -0.05) is 29.8 Å². The van der Waals surface area contributed by atoms with Crippen LogP contribution < -0.4 is 5.32 Å². The lowest BCUT2D eigenvalue weighted by Gasteiger charge is -2.28. The SMILES string of the molecule is O=C(O)[C@H](NC(=O)N1CCOCC1)c1ccccc1Cl. The molecule has 6 nitrogen and oxygen atoms in total. The van der Waals surface area contributed by atoms with Gasteiger partial charge in [-0.3, -0.25) is 0 Å². The molecule has 0 bridgehead atoms. The van der Waals surface area contributed by atoms with E-state index < -0.39 is 18.0 Å². The molecule has 0 saturated carbocycles. The summed E-state index contributed by atoms with van der Waals surface area (Å²) in [5, 5.41) is 12.1. The Bertz CT molecular complexity index is 503. The maximum Gasteiger partial charge on any atom is 0.331 e. The third-order valence-electron chi connectivity index (χ3n) is 3.03. The zero-order valence-corrected chi connectivity index (χ0v) is 11.5. The number of nitrogens with zero attached hydrogens (tertiary/aromatic N) is 1. The number of halogens is 1. The molecular formula is C13H15ClN2O4. The first-order valence-electron chi connectivity index (χ1n) is 6.20. The van der Waals surface area contributed by atoms with Crippen LogP contribution in [0.1, 0.15) is 11.6 Å². The molecule has 1 aromatic rings. The first-order chi connectivity index (χ1) is 9.59. The largest absolute Gasteiger partial charge is 0.479 e. The monoisotopic (exact) mass is 298 g/mol. The summed E-state index contributed by atoms with van der Waals surface area (Å²) in [4.78, 5) is 24.9. The number of ether oxygens (including phenoxy) is 1. The summed E-state index contributed by atoms with van der Waals surface area (Å²) in [5.74, 6) is -1.15. The summed E-state index contributed by atoms with van der Waals surface area (Å²) in [6.07, 6.45) is 0. The van der Waals surface area contributed by atoms with Gasteiger partial charge < -0.3 is 20.1 Å². The van der Waals surface area contributed by atoms with Crippen molar-refractivity contribution in [3.63, 3.8) is 0 Å². The molecule has 108 valence electrons. The van der Waals surface area contributed by atoms with Crippen LogP contribution in [-0.2, 0) is 9.53 Å². The van der Waals surface area contributed by atoms with Gasteiger partial charge in [0.15, 0.2) is 6.04 Å². The van der Waals surface area contributed by atoms with Crippen LogP contribution in [0, 0.1) is 0 Å². The number of rotatable bonds is 3. The Morgan fingerprint density at radius 3 is 2.55 bits per heavy atom. The fraction of sp³-hybridized carbons (Fsp3) is 0.385. The van der Waals surface area contributed by atoms with Gasteiger partial charge in [-0.2, -0.15) is 0 Å². The molecule has 1 aromatic carbocycles. The van der Waals surface area contributed by atoms with Crippen LogP contribution in [0.2, 0.25) is 5.02 Å². The van der Waals surface area contributed by atoms with Gasteiger partial charge in [0.2, 0.25) is 0 Å². The van der Waals surface area contributed by atoms with Crippen LogP contribution in [0.15, 0.2) is 24.3 Å². The fourth-order valence-corrected chi connectivity index (χ4v) is 2.21. The summed E-state index contributed by atoms with van der Waals surface area (Å²) in [7, 11) is 0. The Morgan fingerprint density at radius 2 is 1.95 bits per heavy atom. The molecule has 0 radical (unpaired) electrons. The van der Waals surface area contributed by atoms with Crippen molar-refractivity contribution in [2.45, 2.75) is 6.04 Å². The normalized spacial score (nSPS) is 16.6. The highest BCUT2D eigenvalue weighted by Crippen LogP contribution is 2.23. The van der Waals surface area contributed by atoms with Crippen LogP contribution in [0.25, 0.3) is 0 Å². The van der Waals surface area contributed by atoms with E-state index in [1.807, 2.05) is 0 Å². The Morgan fingerprint density at radius 1 is 1.30 bits per heavy atom. The van der Waals surface area contributed by atoms with E-state index in [9.17, 15) is 14.7 Å². The van der Waals surface area contributed by atoms with Crippen LogP contribution in [0.4, 0.5) is 4.79 Å². The highest BCUT2D eigenvalue weighted by molar-refractivity contribution is 6.31. The van der Waals surface area contributed by atoms with Crippen molar-refractivity contribution in [1.29, 1.82) is 0 Å². The van der Waals surface area contributed by atoms with Crippen LogP contribution in [0.5, 0.6) is 0 Å². The second-order valence-corrected chi connectivity index (χ2v) is 4.75. The molecule has 1 aliphatic heterocycles. The van der Waals surface area contributed by atoms with Gasteiger partial charge in [-0.25, -0.2) is 9.59 Å². The number of carboxylic acids is 1. The highest BCUT2D eigenvalue weighted by atomic mass is 35.5. The van der Waals surface area contributed by atoms with E-state index in [1.165, 1.54) is 4.90 Å². The minimum atomic E-state index is -1.17. The molecule has 1 aliphatic rings. The van der Waals surface area contributed by atoms with Crippen LogP contribution >= 0.6 is 11.6 Å². The van der Waals surface area contributed by atoms with Crippen molar-refractivity contribution in [2.24, 2.45) is 0 Å². The van der Waals surface area contributed by atoms with Gasteiger partial charge in [0.1, 0.15) is 0 Å². The lowest BCUT2D eigenvalue weighted by atomic mass is 10.1. The van der Waals surface area contributed by atoms with Crippen molar-refractivity contribution in [3.05, 3.63) is 34.9 Å². The smallest absolute Gasteiger partial charge is 0.331 e. The Balaban J connectivity index is 2.12. The van der Waals surface area contributed by atoms with Crippen molar-refractivity contribution in [1.82, 2.24) is 10.2 Å². The number of hydrogen-bond acceptors (Lipinski definition) is 3. The van der Waals surface area contributed by atoms with E-state index in [0.29, 0.717) is 36.9 Å². The zero-order valence-electron chi connectivity index (χ0n) is 10.7. The average Bonchev–Trinajstić information content (AvgIpc) is 2.46. The van der Waals surface area contributed by atoms with E-state index >= 15 is 0 Å². The second kappa shape index (κ2) is 6.58. The quantitative estimate of drug-likeness (QED) is 0.886. The van der Waals surface area contributed by atoms with E-state index in [4.69, 9.17) is 16.3 Å². The average molecular weight is 299 g/mol. The maximum absolute atomic E-state index is 12.1. The number of aliphatic carboxylic acids is 1.